The predicted molar refractivity (Wildman–Crippen MR) is 146 cm³/mol. The fraction of sp³-hybridized carbons (Fsp3) is 0.967. The molecule has 0 bridgehead atoms. The largest absolute Gasteiger partial charge is 0.457 e. The van der Waals surface area contributed by atoms with Crippen LogP contribution in [0, 0.1) is 0 Å². The molecule has 0 spiro atoms. The summed E-state index contributed by atoms with van der Waals surface area (Å²) in [5.74, 6) is -0.440. The van der Waals surface area contributed by atoms with Gasteiger partial charge in [-0.1, -0.05) is 135 Å². The minimum atomic E-state index is -1.33. The lowest BCUT2D eigenvalue weighted by atomic mass is 10.0. The van der Waals surface area contributed by atoms with Crippen LogP contribution in [0.3, 0.4) is 0 Å². The number of unbranched alkanes of at least 4 members (excludes halogenated alkanes) is 20. The Morgan fingerprint density at radius 3 is 1.39 bits per heavy atom. The van der Waals surface area contributed by atoms with E-state index in [9.17, 15) is 20.1 Å². The van der Waals surface area contributed by atoms with Crippen molar-refractivity contribution in [2.24, 2.45) is 0 Å². The van der Waals surface area contributed by atoms with Gasteiger partial charge in [0.05, 0.1) is 13.2 Å². The van der Waals surface area contributed by atoms with Crippen LogP contribution in [-0.4, -0.2) is 58.9 Å². The van der Waals surface area contributed by atoms with Crippen LogP contribution >= 0.6 is 0 Å². The van der Waals surface area contributed by atoms with Crippen molar-refractivity contribution in [1.29, 1.82) is 0 Å². The maximum atomic E-state index is 12.1. The molecule has 0 aromatic carbocycles. The average Bonchev–Trinajstić information content (AvgIpc) is 2.98. The SMILES string of the molecule is CCCCCCCCCCCCCCCCCCCCCCCC(=O)O[C@H]1[C@H](O)[C@H](O)COC[C@H]1O. The molecule has 1 aliphatic rings. The van der Waals surface area contributed by atoms with Gasteiger partial charge in [-0.15, -0.1) is 0 Å². The Labute approximate surface area is 221 Å². The normalized spacial score (nSPS) is 22.4. The molecule has 1 saturated heterocycles. The van der Waals surface area contributed by atoms with Gasteiger partial charge in [0.25, 0.3) is 0 Å². The van der Waals surface area contributed by atoms with Crippen molar-refractivity contribution >= 4 is 5.97 Å². The van der Waals surface area contributed by atoms with Crippen LogP contribution in [0.25, 0.3) is 0 Å². The number of aliphatic hydroxyl groups excluding tert-OH is 3. The fourth-order valence-corrected chi connectivity index (χ4v) is 5.01. The molecular weight excluding hydrogens is 456 g/mol. The molecule has 1 aliphatic heterocycles. The first kappa shape index (κ1) is 33.3. The zero-order valence-electron chi connectivity index (χ0n) is 23.3. The van der Waals surface area contributed by atoms with E-state index >= 15 is 0 Å². The second kappa shape index (κ2) is 23.4. The topological polar surface area (TPSA) is 96.2 Å². The van der Waals surface area contributed by atoms with Crippen LogP contribution in [0.1, 0.15) is 148 Å². The lowest BCUT2D eigenvalue weighted by Gasteiger charge is -2.26. The molecule has 0 aromatic heterocycles. The Morgan fingerprint density at radius 1 is 0.611 bits per heavy atom. The van der Waals surface area contributed by atoms with Crippen molar-refractivity contribution in [3.8, 4) is 0 Å². The number of rotatable bonds is 23. The van der Waals surface area contributed by atoms with Crippen LogP contribution in [0.2, 0.25) is 0 Å². The Bertz CT molecular complexity index is 500. The molecule has 4 atom stereocenters. The van der Waals surface area contributed by atoms with Crippen molar-refractivity contribution < 1.29 is 29.6 Å². The highest BCUT2D eigenvalue weighted by Crippen LogP contribution is 2.18. The summed E-state index contributed by atoms with van der Waals surface area (Å²) in [6, 6.07) is 0. The molecule has 0 saturated carbocycles. The van der Waals surface area contributed by atoms with E-state index < -0.39 is 30.4 Å². The lowest BCUT2D eigenvalue weighted by molar-refractivity contribution is -0.169. The molecule has 0 amide bonds. The summed E-state index contributed by atoms with van der Waals surface area (Å²) in [5.41, 5.74) is 0. The summed E-state index contributed by atoms with van der Waals surface area (Å²) in [6.45, 7) is 2.14. The molecule has 36 heavy (non-hydrogen) atoms. The van der Waals surface area contributed by atoms with Gasteiger partial charge >= 0.3 is 5.97 Å². The Morgan fingerprint density at radius 2 is 0.972 bits per heavy atom. The number of hydrogen-bond acceptors (Lipinski definition) is 6. The summed E-state index contributed by atoms with van der Waals surface area (Å²) in [6.07, 6.45) is 23.2. The number of ether oxygens (including phenoxy) is 2. The lowest BCUT2D eigenvalue weighted by Crippen LogP contribution is -2.46. The van der Waals surface area contributed by atoms with Gasteiger partial charge in [-0.25, -0.2) is 0 Å². The van der Waals surface area contributed by atoms with Gasteiger partial charge in [-0.3, -0.25) is 4.79 Å². The van der Waals surface area contributed by atoms with Gasteiger partial charge in [-0.2, -0.15) is 0 Å². The third kappa shape index (κ3) is 17.7. The summed E-state index contributed by atoms with van der Waals surface area (Å²) in [5, 5.41) is 29.7. The summed E-state index contributed by atoms with van der Waals surface area (Å²) in [7, 11) is 0. The average molecular weight is 515 g/mol. The third-order valence-electron chi connectivity index (χ3n) is 7.44. The molecule has 0 aliphatic carbocycles. The first-order valence-corrected chi connectivity index (χ1v) is 15.4. The van der Waals surface area contributed by atoms with E-state index in [0.29, 0.717) is 0 Å². The monoisotopic (exact) mass is 514 g/mol. The number of carbonyl (C=O) groups excluding carboxylic acids is 1. The molecule has 0 radical (unpaired) electrons. The van der Waals surface area contributed by atoms with Crippen molar-refractivity contribution in [2.75, 3.05) is 13.2 Å². The molecule has 3 N–H and O–H groups in total. The van der Waals surface area contributed by atoms with E-state index in [1.165, 1.54) is 116 Å². The van der Waals surface area contributed by atoms with Crippen LogP contribution in [0.5, 0.6) is 0 Å². The molecular formula is C30H58O6. The smallest absolute Gasteiger partial charge is 0.306 e. The molecule has 0 aromatic rings. The molecule has 6 heteroatoms. The van der Waals surface area contributed by atoms with Crippen molar-refractivity contribution in [3.63, 3.8) is 0 Å². The Balaban J connectivity index is 1.81. The number of aliphatic hydroxyl groups is 3. The maximum Gasteiger partial charge on any atom is 0.306 e. The highest BCUT2D eigenvalue weighted by molar-refractivity contribution is 5.69. The molecule has 1 fully saturated rings. The van der Waals surface area contributed by atoms with Crippen molar-refractivity contribution in [1.82, 2.24) is 0 Å². The van der Waals surface area contributed by atoms with Crippen LogP contribution in [-0.2, 0) is 14.3 Å². The predicted octanol–water partition coefficient (Wildman–Crippen LogP) is 6.61. The number of carbonyl (C=O) groups is 1. The molecule has 0 unspecified atom stereocenters. The van der Waals surface area contributed by atoms with E-state index in [1.807, 2.05) is 0 Å². The van der Waals surface area contributed by atoms with Gasteiger partial charge in [0.1, 0.15) is 18.3 Å². The van der Waals surface area contributed by atoms with Gasteiger partial charge in [0.2, 0.25) is 0 Å². The third-order valence-corrected chi connectivity index (χ3v) is 7.44. The maximum absolute atomic E-state index is 12.1. The fourth-order valence-electron chi connectivity index (χ4n) is 5.01. The molecule has 1 rings (SSSR count). The van der Waals surface area contributed by atoms with Gasteiger partial charge in [0.15, 0.2) is 6.10 Å². The van der Waals surface area contributed by atoms with Gasteiger partial charge in [0, 0.05) is 6.42 Å². The zero-order chi connectivity index (χ0) is 26.3. The van der Waals surface area contributed by atoms with Crippen LogP contribution in [0.15, 0.2) is 0 Å². The summed E-state index contributed by atoms with van der Waals surface area (Å²) >= 11 is 0. The van der Waals surface area contributed by atoms with Crippen molar-refractivity contribution in [3.05, 3.63) is 0 Å². The first-order valence-electron chi connectivity index (χ1n) is 15.4. The van der Waals surface area contributed by atoms with E-state index in [-0.39, 0.29) is 19.6 Å². The van der Waals surface area contributed by atoms with E-state index in [4.69, 9.17) is 9.47 Å². The number of hydrogen-bond donors (Lipinski definition) is 3. The molecule has 6 nitrogen and oxygen atoms in total. The summed E-state index contributed by atoms with van der Waals surface area (Å²) in [4.78, 5) is 12.1. The molecule has 214 valence electrons. The van der Waals surface area contributed by atoms with Crippen LogP contribution < -0.4 is 0 Å². The van der Waals surface area contributed by atoms with E-state index in [1.54, 1.807) is 0 Å². The van der Waals surface area contributed by atoms with Gasteiger partial charge < -0.3 is 24.8 Å². The minimum absolute atomic E-state index is 0.0641. The minimum Gasteiger partial charge on any atom is -0.457 e. The van der Waals surface area contributed by atoms with Crippen LogP contribution in [0.4, 0.5) is 0 Å². The van der Waals surface area contributed by atoms with E-state index in [2.05, 4.69) is 6.92 Å². The Kier molecular flexibility index (Phi) is 21.7. The second-order valence-corrected chi connectivity index (χ2v) is 10.9. The van der Waals surface area contributed by atoms with Gasteiger partial charge in [-0.05, 0) is 6.42 Å². The quantitative estimate of drug-likeness (QED) is 0.105. The Hall–Kier alpha value is -0.690. The molecule has 1 heterocycles. The highest BCUT2D eigenvalue weighted by atomic mass is 16.6. The first-order chi connectivity index (χ1) is 17.6. The van der Waals surface area contributed by atoms with Crippen molar-refractivity contribution in [2.45, 2.75) is 173 Å². The standard InChI is InChI=1S/C30H58O6/c1-2-3-4-5-6-7-8-9-10-11-12-13-14-15-16-17-18-19-20-21-22-23-28(33)36-30-27(32)25-35-24-26(31)29(30)34/h26-27,29-32,34H,2-25H2,1H3/t26-,27-,29-,30-/m1/s1. The summed E-state index contributed by atoms with van der Waals surface area (Å²) < 4.78 is 10.3. The second-order valence-electron chi connectivity index (χ2n) is 10.9. The van der Waals surface area contributed by atoms with E-state index in [0.717, 1.165) is 19.3 Å². The zero-order valence-corrected chi connectivity index (χ0v) is 23.3. The number of esters is 1. The highest BCUT2D eigenvalue weighted by Gasteiger charge is 2.38.